The third kappa shape index (κ3) is 6.77. The molecule has 1 atom stereocenters. The summed E-state index contributed by atoms with van der Waals surface area (Å²) in [6.07, 6.45) is -4.62. The van der Waals surface area contributed by atoms with Crippen molar-refractivity contribution in [2.75, 3.05) is 37.7 Å². The maximum absolute atomic E-state index is 13.2. The molecular formula is C24H26F4N2O4. The highest BCUT2D eigenvalue weighted by Gasteiger charge is 2.46. The minimum Gasteiger partial charge on any atom is -0.475 e. The predicted octanol–water partition coefficient (Wildman–Crippen LogP) is 4.02. The molecular weight excluding hydrogens is 456 g/mol. The number of nitrogens with zero attached hydrogens (tertiary/aromatic N) is 2. The number of hydrogen-bond donors (Lipinski definition) is 1. The summed E-state index contributed by atoms with van der Waals surface area (Å²) in [6, 6.07) is 14.7. The van der Waals surface area contributed by atoms with E-state index >= 15 is 0 Å². The molecule has 6 nitrogen and oxygen atoms in total. The molecule has 10 heteroatoms. The lowest BCUT2D eigenvalue weighted by Gasteiger charge is -2.31. The van der Waals surface area contributed by atoms with Gasteiger partial charge >= 0.3 is 12.1 Å². The molecule has 2 heterocycles. The van der Waals surface area contributed by atoms with E-state index in [1.807, 2.05) is 0 Å². The summed E-state index contributed by atoms with van der Waals surface area (Å²) in [6.45, 7) is 6.52. The Morgan fingerprint density at radius 2 is 1.82 bits per heavy atom. The van der Waals surface area contributed by atoms with E-state index < -0.39 is 12.1 Å². The summed E-state index contributed by atoms with van der Waals surface area (Å²) in [5, 5.41) is 7.12. The Bertz CT molecular complexity index is 1010. The summed E-state index contributed by atoms with van der Waals surface area (Å²) < 4.78 is 50.9. The highest BCUT2D eigenvalue weighted by Crippen LogP contribution is 2.37. The smallest absolute Gasteiger partial charge is 0.475 e. The van der Waals surface area contributed by atoms with E-state index in [9.17, 15) is 22.4 Å². The average Bonchev–Trinajstić information content (AvgIpc) is 2.94. The molecule has 2 fully saturated rings. The van der Waals surface area contributed by atoms with Crippen molar-refractivity contribution in [2.24, 2.45) is 5.41 Å². The number of alkyl halides is 3. The third-order valence-electron chi connectivity index (χ3n) is 5.71. The molecule has 1 unspecified atom stereocenters. The van der Waals surface area contributed by atoms with Gasteiger partial charge in [0.1, 0.15) is 5.82 Å². The van der Waals surface area contributed by atoms with Crippen molar-refractivity contribution in [1.29, 1.82) is 0 Å². The molecule has 1 spiro atoms. The van der Waals surface area contributed by atoms with Crippen LogP contribution in [-0.2, 0) is 20.9 Å². The van der Waals surface area contributed by atoms with E-state index in [2.05, 4.69) is 36.1 Å². The van der Waals surface area contributed by atoms with Crippen LogP contribution in [0.15, 0.2) is 48.5 Å². The average molecular weight is 482 g/mol. The van der Waals surface area contributed by atoms with Gasteiger partial charge in [0, 0.05) is 43.7 Å². The summed E-state index contributed by atoms with van der Waals surface area (Å²) in [5.74, 6) is -2.96. The number of carbonyl (C=O) groups is 2. The number of ether oxygens (including phenoxy) is 1. The van der Waals surface area contributed by atoms with Crippen molar-refractivity contribution in [1.82, 2.24) is 4.90 Å². The second-order valence-electron chi connectivity index (χ2n) is 8.69. The molecule has 0 saturated carbocycles. The first-order valence-electron chi connectivity index (χ1n) is 10.7. The molecule has 2 aromatic carbocycles. The zero-order valence-electron chi connectivity index (χ0n) is 18.6. The fraction of sp³-hybridized carbons (Fsp3) is 0.417. The Kier molecular flexibility index (Phi) is 7.93. The molecule has 2 saturated heterocycles. The normalized spacial score (nSPS) is 21.2. The highest BCUT2D eigenvalue weighted by molar-refractivity contribution is 5.96. The Morgan fingerprint density at radius 3 is 2.44 bits per heavy atom. The number of carboxylic acids is 1. The number of hydrogen-bond acceptors (Lipinski definition) is 4. The first-order chi connectivity index (χ1) is 16.0. The van der Waals surface area contributed by atoms with Crippen molar-refractivity contribution < 1.29 is 37.0 Å². The molecule has 0 aliphatic carbocycles. The lowest BCUT2D eigenvalue weighted by Crippen LogP contribution is -2.40. The van der Waals surface area contributed by atoms with Crippen LogP contribution in [0.4, 0.5) is 23.2 Å². The van der Waals surface area contributed by atoms with Gasteiger partial charge in [0.25, 0.3) is 0 Å². The summed E-state index contributed by atoms with van der Waals surface area (Å²) >= 11 is 0. The molecule has 0 bridgehead atoms. The van der Waals surface area contributed by atoms with Gasteiger partial charge in [0.15, 0.2) is 0 Å². The Balaban J connectivity index is 0.000000406. The summed E-state index contributed by atoms with van der Waals surface area (Å²) in [7, 11) is 0. The highest BCUT2D eigenvalue weighted by atomic mass is 19.4. The number of aliphatic carboxylic acids is 1. The van der Waals surface area contributed by atoms with Crippen LogP contribution < -0.4 is 4.90 Å². The monoisotopic (exact) mass is 482 g/mol. The van der Waals surface area contributed by atoms with Crippen molar-refractivity contribution in [3.8, 4) is 0 Å². The van der Waals surface area contributed by atoms with Crippen LogP contribution in [0, 0.1) is 18.2 Å². The topological polar surface area (TPSA) is 70.1 Å². The minimum absolute atomic E-state index is 0.0858. The van der Waals surface area contributed by atoms with E-state index in [0.717, 1.165) is 25.3 Å². The quantitative estimate of drug-likeness (QED) is 0.670. The number of carboxylic acid groups (broad SMARTS) is 1. The summed E-state index contributed by atoms with van der Waals surface area (Å²) in [5.41, 5.74) is 3.08. The number of carbonyl (C=O) groups excluding carboxylic acids is 1. The molecule has 0 aromatic heterocycles. The number of benzene rings is 2. The zero-order chi connectivity index (χ0) is 24.9. The third-order valence-corrected chi connectivity index (χ3v) is 5.71. The molecule has 1 amide bonds. The standard InChI is InChI=1S/C22H25FN2O2.C2HF3O2/c1-17-3-2-4-18(11-17)13-24-9-10-27-16-22(14-24)12-21(26)25(15-22)20-7-5-19(23)6-8-20;3-2(4,5)1(6)7/h2-8,11H,9-10,12-16H2,1H3;(H,6,7). The molecule has 0 radical (unpaired) electrons. The van der Waals surface area contributed by atoms with Gasteiger partial charge in [-0.2, -0.15) is 13.2 Å². The van der Waals surface area contributed by atoms with Crippen LogP contribution in [0.25, 0.3) is 0 Å². The van der Waals surface area contributed by atoms with E-state index in [0.29, 0.717) is 26.2 Å². The Morgan fingerprint density at radius 1 is 1.15 bits per heavy atom. The largest absolute Gasteiger partial charge is 0.490 e. The number of rotatable bonds is 3. The van der Waals surface area contributed by atoms with Gasteiger partial charge in [-0.3, -0.25) is 9.69 Å². The van der Waals surface area contributed by atoms with Crippen molar-refractivity contribution >= 4 is 17.6 Å². The molecule has 2 aliphatic rings. The van der Waals surface area contributed by atoms with Crippen molar-refractivity contribution in [3.63, 3.8) is 0 Å². The fourth-order valence-corrected chi connectivity index (χ4v) is 4.24. The lowest BCUT2D eigenvalue weighted by atomic mass is 9.87. The van der Waals surface area contributed by atoms with Crippen LogP contribution in [0.5, 0.6) is 0 Å². The van der Waals surface area contributed by atoms with Crippen LogP contribution >= 0.6 is 0 Å². The van der Waals surface area contributed by atoms with E-state index in [4.69, 9.17) is 14.6 Å². The van der Waals surface area contributed by atoms with Gasteiger partial charge in [-0.1, -0.05) is 29.8 Å². The first kappa shape index (κ1) is 25.6. The van der Waals surface area contributed by atoms with Crippen molar-refractivity contribution in [2.45, 2.75) is 26.1 Å². The SMILES string of the molecule is Cc1cccc(CN2CCOCC3(CC(=O)N(c4ccc(F)cc4)C3)C2)c1.O=C(O)C(F)(F)F. The molecule has 34 heavy (non-hydrogen) atoms. The molecule has 2 aromatic rings. The van der Waals surface area contributed by atoms with Gasteiger partial charge in [0.2, 0.25) is 5.91 Å². The molecule has 4 rings (SSSR count). The maximum atomic E-state index is 13.2. The molecule has 2 aliphatic heterocycles. The molecule has 184 valence electrons. The van der Waals surface area contributed by atoms with Crippen LogP contribution in [-0.4, -0.2) is 60.9 Å². The van der Waals surface area contributed by atoms with Crippen LogP contribution in [0.2, 0.25) is 0 Å². The summed E-state index contributed by atoms with van der Waals surface area (Å²) in [4.78, 5) is 25.8. The number of anilines is 1. The maximum Gasteiger partial charge on any atom is 0.490 e. The molecule has 1 N–H and O–H groups in total. The predicted molar refractivity (Wildman–Crippen MR) is 117 cm³/mol. The second kappa shape index (κ2) is 10.5. The van der Waals surface area contributed by atoms with Gasteiger partial charge < -0.3 is 14.7 Å². The van der Waals surface area contributed by atoms with E-state index in [1.54, 1.807) is 17.0 Å². The Labute approximate surface area is 194 Å². The minimum atomic E-state index is -5.08. The van der Waals surface area contributed by atoms with Gasteiger partial charge in [-0.15, -0.1) is 0 Å². The zero-order valence-corrected chi connectivity index (χ0v) is 18.6. The number of halogens is 4. The van der Waals surface area contributed by atoms with Gasteiger partial charge in [-0.05, 0) is 36.8 Å². The van der Waals surface area contributed by atoms with Gasteiger partial charge in [-0.25, -0.2) is 9.18 Å². The number of aryl methyl sites for hydroxylation is 1. The number of amides is 1. The fourth-order valence-electron chi connectivity index (χ4n) is 4.24. The lowest BCUT2D eigenvalue weighted by molar-refractivity contribution is -0.192. The van der Waals surface area contributed by atoms with E-state index in [1.165, 1.54) is 23.3 Å². The van der Waals surface area contributed by atoms with E-state index in [-0.39, 0.29) is 17.1 Å². The van der Waals surface area contributed by atoms with Crippen LogP contribution in [0.1, 0.15) is 17.5 Å². The van der Waals surface area contributed by atoms with Crippen LogP contribution in [0.3, 0.4) is 0 Å². The van der Waals surface area contributed by atoms with Crippen molar-refractivity contribution in [3.05, 3.63) is 65.5 Å². The Hall–Kier alpha value is -2.98. The van der Waals surface area contributed by atoms with Gasteiger partial charge in [0.05, 0.1) is 13.2 Å². The second-order valence-corrected chi connectivity index (χ2v) is 8.69. The first-order valence-corrected chi connectivity index (χ1v) is 10.7.